The first-order valence-electron chi connectivity index (χ1n) is 6.83. The lowest BCUT2D eigenvalue weighted by Gasteiger charge is -2.43. The van der Waals surface area contributed by atoms with Crippen LogP contribution in [0.2, 0.25) is 0 Å². The molecule has 116 valence electrons. The number of hydrogen-bond acceptors (Lipinski definition) is 6. The van der Waals surface area contributed by atoms with Crippen LogP contribution in [0.5, 0.6) is 5.75 Å². The van der Waals surface area contributed by atoms with Crippen LogP contribution in [-0.4, -0.2) is 38.4 Å². The molecule has 2 atom stereocenters. The van der Waals surface area contributed by atoms with Crippen molar-refractivity contribution in [1.82, 2.24) is 0 Å². The van der Waals surface area contributed by atoms with Crippen molar-refractivity contribution in [1.29, 1.82) is 0 Å². The average Bonchev–Trinajstić information content (AvgIpc) is 2.82. The van der Waals surface area contributed by atoms with E-state index >= 15 is 0 Å². The van der Waals surface area contributed by atoms with Crippen LogP contribution in [0.4, 0.5) is 4.79 Å². The number of methoxy groups -OCH3 is 1. The number of rotatable bonds is 4. The van der Waals surface area contributed by atoms with Crippen molar-refractivity contribution in [2.75, 3.05) is 20.3 Å². The summed E-state index contributed by atoms with van der Waals surface area (Å²) in [6.07, 6.45) is 4.52. The number of terminal acetylenes is 1. The zero-order chi connectivity index (χ0) is 15.8. The molecule has 3 rings (SSSR count). The van der Waals surface area contributed by atoms with Gasteiger partial charge in [-0.2, -0.15) is 0 Å². The van der Waals surface area contributed by atoms with Gasteiger partial charge in [0.25, 0.3) is 0 Å². The van der Waals surface area contributed by atoms with Crippen LogP contribution in [0.25, 0.3) is 0 Å². The summed E-state index contributed by atoms with van der Waals surface area (Å²) in [5, 5.41) is 0. The summed E-state index contributed by atoms with van der Waals surface area (Å²) in [6, 6.07) is 6.98. The molecule has 1 spiro atoms. The third-order valence-electron chi connectivity index (χ3n) is 3.93. The first-order chi connectivity index (χ1) is 10.5. The molecule has 6 nitrogen and oxygen atoms in total. The highest BCUT2D eigenvalue weighted by atomic mass is 16.8. The van der Waals surface area contributed by atoms with Gasteiger partial charge in [0.15, 0.2) is 6.29 Å². The molecule has 0 saturated carbocycles. The maximum absolute atomic E-state index is 11.6. The monoisotopic (exact) mass is 304 g/mol. The van der Waals surface area contributed by atoms with Crippen LogP contribution >= 0.6 is 0 Å². The van der Waals surface area contributed by atoms with E-state index in [1.54, 1.807) is 38.3 Å². The van der Waals surface area contributed by atoms with Gasteiger partial charge in [0.05, 0.1) is 13.2 Å². The lowest BCUT2D eigenvalue weighted by atomic mass is 9.76. The molecule has 6 heteroatoms. The van der Waals surface area contributed by atoms with E-state index < -0.39 is 17.4 Å². The lowest BCUT2D eigenvalue weighted by Crippen LogP contribution is -2.61. The normalized spacial score (nSPS) is 26.5. The zero-order valence-corrected chi connectivity index (χ0v) is 12.3. The van der Waals surface area contributed by atoms with Crippen LogP contribution in [0.3, 0.4) is 0 Å². The second-order valence-corrected chi connectivity index (χ2v) is 5.21. The predicted octanol–water partition coefficient (Wildman–Crippen LogP) is 1.82. The highest BCUT2D eigenvalue weighted by molar-refractivity contribution is 5.67. The predicted molar refractivity (Wildman–Crippen MR) is 75.2 cm³/mol. The first kappa shape index (κ1) is 14.7. The van der Waals surface area contributed by atoms with Crippen molar-refractivity contribution < 1.29 is 28.5 Å². The lowest BCUT2D eigenvalue weighted by molar-refractivity contribution is -0.198. The summed E-state index contributed by atoms with van der Waals surface area (Å²) >= 11 is 0. The number of hydrogen-bond donors (Lipinski definition) is 0. The van der Waals surface area contributed by atoms with Gasteiger partial charge in [-0.1, -0.05) is 12.1 Å². The fourth-order valence-electron chi connectivity index (χ4n) is 2.59. The number of cyclic esters (lactones) is 1. The smallest absolute Gasteiger partial charge is 0.465 e. The second kappa shape index (κ2) is 5.20. The van der Waals surface area contributed by atoms with Gasteiger partial charge in [-0.05, 0) is 25.0 Å². The maximum Gasteiger partial charge on any atom is 0.511 e. The van der Waals surface area contributed by atoms with Crippen molar-refractivity contribution in [2.45, 2.75) is 24.4 Å². The number of benzene rings is 1. The molecule has 2 aliphatic heterocycles. The van der Waals surface area contributed by atoms with Crippen molar-refractivity contribution in [3.8, 4) is 18.1 Å². The molecular weight excluding hydrogens is 288 g/mol. The highest BCUT2D eigenvalue weighted by Crippen LogP contribution is 2.48. The Morgan fingerprint density at radius 3 is 2.45 bits per heavy atom. The third-order valence-corrected chi connectivity index (χ3v) is 3.93. The van der Waals surface area contributed by atoms with Gasteiger partial charge < -0.3 is 23.7 Å². The minimum Gasteiger partial charge on any atom is -0.465 e. The molecule has 0 aromatic heterocycles. The first-order valence-corrected chi connectivity index (χ1v) is 6.83. The molecular formula is C16H16O6. The van der Waals surface area contributed by atoms with Gasteiger partial charge in [0.2, 0.25) is 11.2 Å². The van der Waals surface area contributed by atoms with E-state index in [2.05, 4.69) is 5.92 Å². The minimum atomic E-state index is -1.28. The molecule has 0 aliphatic carbocycles. The number of carbonyl (C=O) groups excluding carboxylic acids is 1. The minimum absolute atomic E-state index is 0.210. The van der Waals surface area contributed by atoms with Crippen LogP contribution in [0.1, 0.15) is 12.5 Å². The Kier molecular flexibility index (Phi) is 3.47. The Hall–Kier alpha value is -2.23. The molecule has 2 unspecified atom stereocenters. The molecule has 2 fully saturated rings. The van der Waals surface area contributed by atoms with Gasteiger partial charge in [-0.15, -0.1) is 6.42 Å². The summed E-state index contributed by atoms with van der Waals surface area (Å²) < 4.78 is 26.4. The van der Waals surface area contributed by atoms with Crippen molar-refractivity contribution in [2.24, 2.45) is 0 Å². The van der Waals surface area contributed by atoms with Crippen LogP contribution < -0.4 is 4.74 Å². The van der Waals surface area contributed by atoms with Gasteiger partial charge in [-0.25, -0.2) is 4.79 Å². The Balaban J connectivity index is 1.91. The van der Waals surface area contributed by atoms with Gasteiger partial charge in [-0.3, -0.25) is 0 Å². The van der Waals surface area contributed by atoms with Gasteiger partial charge in [0.1, 0.15) is 5.75 Å². The molecule has 1 aromatic rings. The Morgan fingerprint density at radius 1 is 1.27 bits per heavy atom. The molecule has 0 amide bonds. The molecule has 0 bridgehead atoms. The molecule has 2 heterocycles. The molecule has 22 heavy (non-hydrogen) atoms. The Morgan fingerprint density at radius 2 is 1.95 bits per heavy atom. The maximum atomic E-state index is 11.6. The second-order valence-electron chi connectivity index (χ2n) is 5.21. The summed E-state index contributed by atoms with van der Waals surface area (Å²) in [4.78, 5) is 11.6. The number of carbonyl (C=O) groups is 1. The van der Waals surface area contributed by atoms with Gasteiger partial charge in [0, 0.05) is 12.7 Å². The van der Waals surface area contributed by atoms with Crippen molar-refractivity contribution in [3.05, 3.63) is 29.8 Å². The van der Waals surface area contributed by atoms with Crippen LogP contribution in [0.15, 0.2) is 24.3 Å². The molecule has 0 N–H and O–H groups in total. The molecule has 2 aliphatic rings. The van der Waals surface area contributed by atoms with E-state index in [-0.39, 0.29) is 19.5 Å². The molecule has 2 saturated heterocycles. The summed E-state index contributed by atoms with van der Waals surface area (Å²) in [7, 11) is 1.56. The Bertz CT molecular complexity index is 613. The summed E-state index contributed by atoms with van der Waals surface area (Å²) in [5.41, 5.74) is -1.60. The van der Waals surface area contributed by atoms with E-state index in [1.807, 2.05) is 0 Å². The van der Waals surface area contributed by atoms with E-state index in [9.17, 15) is 4.79 Å². The average molecular weight is 304 g/mol. The van der Waals surface area contributed by atoms with E-state index in [0.717, 1.165) is 0 Å². The highest BCUT2D eigenvalue weighted by Gasteiger charge is 2.68. The Labute approximate surface area is 128 Å². The SMILES string of the molecule is C#CC1(c2ccc(OC(C)OC)cc2)OC(=O)OC12COC2. The summed E-state index contributed by atoms with van der Waals surface area (Å²) in [6.45, 7) is 2.20. The standard InChI is InChI=1S/C16H16O6/c1-4-16(15(9-19-10-15)21-14(17)22-16)12-5-7-13(8-6-12)20-11(2)18-3/h1,5-8,11H,9-10H2,2-3H3. The van der Waals surface area contributed by atoms with Crippen LogP contribution in [0, 0.1) is 12.3 Å². The number of ether oxygens (including phenoxy) is 5. The van der Waals surface area contributed by atoms with Gasteiger partial charge >= 0.3 is 6.16 Å². The third kappa shape index (κ3) is 2.02. The summed E-state index contributed by atoms with van der Waals surface area (Å²) in [5.74, 6) is 3.19. The van der Waals surface area contributed by atoms with E-state index in [4.69, 9.17) is 30.1 Å². The fourth-order valence-corrected chi connectivity index (χ4v) is 2.59. The van der Waals surface area contributed by atoms with Crippen LogP contribution in [-0.2, 0) is 24.5 Å². The quantitative estimate of drug-likeness (QED) is 0.480. The topological polar surface area (TPSA) is 63.2 Å². The largest absolute Gasteiger partial charge is 0.511 e. The van der Waals surface area contributed by atoms with Crippen molar-refractivity contribution in [3.63, 3.8) is 0 Å². The van der Waals surface area contributed by atoms with Crippen molar-refractivity contribution >= 4 is 6.16 Å². The van der Waals surface area contributed by atoms with E-state index in [1.165, 1.54) is 0 Å². The fraction of sp³-hybridized carbons (Fsp3) is 0.438. The van der Waals surface area contributed by atoms with E-state index in [0.29, 0.717) is 11.3 Å². The molecule has 1 aromatic carbocycles. The molecule has 0 radical (unpaired) electrons. The zero-order valence-electron chi connectivity index (χ0n) is 12.3.